The molecule has 0 radical (unpaired) electrons. The highest BCUT2D eigenvalue weighted by atomic mass is 16.4. The minimum Gasteiger partial charge on any atom is -0.478 e. The third-order valence-corrected chi connectivity index (χ3v) is 3.97. The Hall–Kier alpha value is -2.20. The van der Waals surface area contributed by atoms with Crippen LogP contribution in [0.3, 0.4) is 0 Å². The molecule has 2 rings (SSSR count). The quantitative estimate of drug-likeness (QED) is 0.849. The average Bonchev–Trinajstić information content (AvgIpc) is 2.54. The van der Waals surface area contributed by atoms with E-state index >= 15 is 0 Å². The van der Waals surface area contributed by atoms with Crippen LogP contribution in [-0.2, 0) is 13.1 Å². The van der Waals surface area contributed by atoms with Crippen molar-refractivity contribution < 1.29 is 9.90 Å². The Labute approximate surface area is 131 Å². The molecule has 4 heteroatoms. The highest BCUT2D eigenvalue weighted by molar-refractivity contribution is 5.89. The first-order chi connectivity index (χ1) is 10.6. The molecule has 1 heterocycles. The summed E-state index contributed by atoms with van der Waals surface area (Å²) < 4.78 is 0. The van der Waals surface area contributed by atoms with E-state index in [1.54, 1.807) is 24.5 Å². The van der Waals surface area contributed by atoms with E-state index in [0.717, 1.165) is 18.5 Å². The molecule has 0 fully saturated rings. The number of pyridine rings is 1. The van der Waals surface area contributed by atoms with Crippen LogP contribution in [-0.4, -0.2) is 27.0 Å². The van der Waals surface area contributed by atoms with Crippen LogP contribution in [0.5, 0.6) is 0 Å². The van der Waals surface area contributed by atoms with Crippen LogP contribution >= 0.6 is 0 Å². The predicted molar refractivity (Wildman–Crippen MR) is 86.6 cm³/mol. The summed E-state index contributed by atoms with van der Waals surface area (Å²) in [7, 11) is 0. The maximum atomic E-state index is 11.4. The predicted octanol–water partition coefficient (Wildman–Crippen LogP) is 3.58. The van der Waals surface area contributed by atoms with Crippen molar-refractivity contribution in [3.63, 3.8) is 0 Å². The van der Waals surface area contributed by atoms with Crippen LogP contribution < -0.4 is 0 Å². The van der Waals surface area contributed by atoms with Gasteiger partial charge in [-0.3, -0.25) is 9.88 Å². The average molecular weight is 298 g/mol. The standard InChI is InChI=1S/C18H22N2O2/c1-3-14(2)20(12-15-8-10-19-11-9-15)13-16-6-4-5-7-17(16)18(21)22/h4-11,14H,3,12-13H2,1-2H3,(H,21,22)/t14-/m0/s1. The van der Waals surface area contributed by atoms with Gasteiger partial charge in [-0.2, -0.15) is 0 Å². The Kier molecular flexibility index (Phi) is 5.67. The lowest BCUT2D eigenvalue weighted by molar-refractivity contribution is 0.0693. The van der Waals surface area contributed by atoms with Gasteiger partial charge in [0.1, 0.15) is 0 Å². The van der Waals surface area contributed by atoms with E-state index in [4.69, 9.17) is 0 Å². The molecule has 0 aliphatic heterocycles. The van der Waals surface area contributed by atoms with Gasteiger partial charge >= 0.3 is 5.97 Å². The molecule has 1 aromatic carbocycles. The third kappa shape index (κ3) is 4.15. The van der Waals surface area contributed by atoms with Gasteiger partial charge in [-0.05, 0) is 42.7 Å². The first kappa shape index (κ1) is 16.2. The number of hydrogen-bond donors (Lipinski definition) is 1. The summed E-state index contributed by atoms with van der Waals surface area (Å²) in [5, 5.41) is 9.34. The van der Waals surface area contributed by atoms with Crippen molar-refractivity contribution in [2.24, 2.45) is 0 Å². The van der Waals surface area contributed by atoms with E-state index in [0.29, 0.717) is 18.2 Å². The van der Waals surface area contributed by atoms with Crippen LogP contribution in [0, 0.1) is 0 Å². The number of carboxylic acids is 1. The largest absolute Gasteiger partial charge is 0.478 e. The molecular formula is C18H22N2O2. The monoisotopic (exact) mass is 298 g/mol. The topological polar surface area (TPSA) is 53.4 Å². The summed E-state index contributed by atoms with van der Waals surface area (Å²) in [6.45, 7) is 5.73. The van der Waals surface area contributed by atoms with Crippen LogP contribution in [0.25, 0.3) is 0 Å². The molecular weight excluding hydrogens is 276 g/mol. The Morgan fingerprint density at radius 1 is 1.18 bits per heavy atom. The highest BCUT2D eigenvalue weighted by Crippen LogP contribution is 2.17. The minimum atomic E-state index is -0.872. The number of hydrogen-bond acceptors (Lipinski definition) is 3. The number of rotatable bonds is 7. The summed E-state index contributed by atoms with van der Waals surface area (Å²) in [6, 6.07) is 11.6. The third-order valence-electron chi connectivity index (χ3n) is 3.97. The van der Waals surface area contributed by atoms with Gasteiger partial charge in [-0.25, -0.2) is 4.79 Å². The lowest BCUT2D eigenvalue weighted by Crippen LogP contribution is -2.32. The molecule has 0 amide bonds. The summed E-state index contributed by atoms with van der Waals surface area (Å²) >= 11 is 0. The number of aromatic nitrogens is 1. The van der Waals surface area contributed by atoms with Gasteiger partial charge in [0.05, 0.1) is 5.56 Å². The molecule has 0 saturated heterocycles. The summed E-state index contributed by atoms with van der Waals surface area (Å²) in [5.74, 6) is -0.872. The van der Waals surface area contributed by atoms with Crippen molar-refractivity contribution in [2.45, 2.75) is 39.4 Å². The zero-order valence-electron chi connectivity index (χ0n) is 13.1. The molecule has 1 atom stereocenters. The molecule has 2 aromatic rings. The molecule has 0 unspecified atom stereocenters. The van der Waals surface area contributed by atoms with E-state index in [2.05, 4.69) is 23.7 Å². The Morgan fingerprint density at radius 3 is 2.50 bits per heavy atom. The van der Waals surface area contributed by atoms with Gasteiger partial charge in [0.2, 0.25) is 0 Å². The maximum Gasteiger partial charge on any atom is 0.336 e. The smallest absolute Gasteiger partial charge is 0.336 e. The van der Waals surface area contributed by atoms with Gasteiger partial charge < -0.3 is 5.11 Å². The van der Waals surface area contributed by atoms with Gasteiger partial charge in [0.15, 0.2) is 0 Å². The van der Waals surface area contributed by atoms with Crippen molar-refractivity contribution >= 4 is 5.97 Å². The first-order valence-corrected chi connectivity index (χ1v) is 7.56. The molecule has 0 spiro atoms. The maximum absolute atomic E-state index is 11.4. The molecule has 22 heavy (non-hydrogen) atoms. The van der Waals surface area contributed by atoms with Gasteiger partial charge in [0.25, 0.3) is 0 Å². The van der Waals surface area contributed by atoms with E-state index in [-0.39, 0.29) is 0 Å². The van der Waals surface area contributed by atoms with Crippen molar-refractivity contribution in [3.05, 3.63) is 65.5 Å². The molecule has 1 N–H and O–H groups in total. The number of aromatic carboxylic acids is 1. The molecule has 0 bridgehead atoms. The zero-order valence-corrected chi connectivity index (χ0v) is 13.1. The van der Waals surface area contributed by atoms with Crippen LogP contribution in [0.4, 0.5) is 0 Å². The summed E-state index contributed by atoms with van der Waals surface area (Å²) in [5.41, 5.74) is 2.41. The lowest BCUT2D eigenvalue weighted by atomic mass is 10.1. The van der Waals surface area contributed by atoms with Gasteiger partial charge in [-0.1, -0.05) is 25.1 Å². The van der Waals surface area contributed by atoms with Crippen LogP contribution in [0.2, 0.25) is 0 Å². The lowest BCUT2D eigenvalue weighted by Gasteiger charge is -2.29. The van der Waals surface area contributed by atoms with Crippen molar-refractivity contribution in [1.29, 1.82) is 0 Å². The highest BCUT2D eigenvalue weighted by Gasteiger charge is 2.17. The number of nitrogens with zero attached hydrogens (tertiary/aromatic N) is 2. The minimum absolute atomic E-state index is 0.370. The first-order valence-electron chi connectivity index (χ1n) is 7.56. The summed E-state index contributed by atoms with van der Waals surface area (Å²) in [6.07, 6.45) is 4.59. The molecule has 0 saturated carbocycles. The molecule has 0 aliphatic rings. The SMILES string of the molecule is CC[C@H](C)N(Cc1ccncc1)Cc1ccccc1C(=O)O. The second-order valence-corrected chi connectivity index (χ2v) is 5.48. The molecule has 4 nitrogen and oxygen atoms in total. The fourth-order valence-corrected chi connectivity index (χ4v) is 2.43. The van der Waals surface area contributed by atoms with E-state index in [9.17, 15) is 9.90 Å². The fourth-order valence-electron chi connectivity index (χ4n) is 2.43. The Morgan fingerprint density at radius 2 is 1.86 bits per heavy atom. The van der Waals surface area contributed by atoms with Crippen LogP contribution in [0.1, 0.15) is 41.8 Å². The number of carbonyl (C=O) groups is 1. The second kappa shape index (κ2) is 7.71. The Bertz CT molecular complexity index is 613. The van der Waals surface area contributed by atoms with Crippen molar-refractivity contribution in [1.82, 2.24) is 9.88 Å². The number of carboxylic acid groups (broad SMARTS) is 1. The fraction of sp³-hybridized carbons (Fsp3) is 0.333. The molecule has 0 aliphatic carbocycles. The van der Waals surface area contributed by atoms with E-state index in [1.807, 2.05) is 24.3 Å². The normalized spacial score (nSPS) is 12.3. The van der Waals surface area contributed by atoms with Crippen LogP contribution in [0.15, 0.2) is 48.8 Å². The Balaban J connectivity index is 2.22. The number of benzene rings is 1. The zero-order chi connectivity index (χ0) is 15.9. The van der Waals surface area contributed by atoms with Gasteiger partial charge in [-0.15, -0.1) is 0 Å². The van der Waals surface area contributed by atoms with E-state index in [1.165, 1.54) is 5.56 Å². The second-order valence-electron chi connectivity index (χ2n) is 5.48. The summed E-state index contributed by atoms with van der Waals surface area (Å²) in [4.78, 5) is 17.7. The van der Waals surface area contributed by atoms with Crippen molar-refractivity contribution in [2.75, 3.05) is 0 Å². The molecule has 1 aromatic heterocycles. The van der Waals surface area contributed by atoms with Gasteiger partial charge in [0, 0.05) is 31.5 Å². The van der Waals surface area contributed by atoms with Crippen molar-refractivity contribution in [3.8, 4) is 0 Å². The van der Waals surface area contributed by atoms with E-state index < -0.39 is 5.97 Å². The molecule has 116 valence electrons.